The van der Waals surface area contributed by atoms with E-state index in [1.54, 1.807) is 32.3 Å². The Kier molecular flexibility index (Phi) is 11.6. The van der Waals surface area contributed by atoms with Gasteiger partial charge in [0.25, 0.3) is 5.91 Å². The van der Waals surface area contributed by atoms with Crippen molar-refractivity contribution in [1.29, 1.82) is 0 Å². The highest BCUT2D eigenvalue weighted by molar-refractivity contribution is 14.0. The third kappa shape index (κ3) is 8.56. The topological polar surface area (TPSA) is 84.0 Å². The smallest absolute Gasteiger partial charge is 0.387 e. The van der Waals surface area contributed by atoms with Crippen LogP contribution in [0, 0.1) is 0 Å². The molecule has 2 aromatic rings. The maximum atomic E-state index is 12.6. The second kappa shape index (κ2) is 13.6. The summed E-state index contributed by atoms with van der Waals surface area (Å²) in [6, 6.07) is 12.2. The molecule has 1 amide bonds. The standard InChI is InChI=1S/C21H26F2N4O3.HI/c1-24-19(28)16-6-4-5-14(11-16)9-10-26-21(25-2)27-13-15-7-8-17(29-3)18(12-15)30-20(22)23;/h4-8,11-12,20H,9-10,13H2,1-3H3,(H,24,28)(H2,25,26,27);1H. The summed E-state index contributed by atoms with van der Waals surface area (Å²) in [5.41, 5.74) is 2.36. The average Bonchev–Trinajstić information content (AvgIpc) is 2.75. The molecule has 10 heteroatoms. The Morgan fingerprint density at radius 2 is 1.87 bits per heavy atom. The number of hydrogen-bond donors (Lipinski definition) is 3. The Morgan fingerprint density at radius 3 is 2.52 bits per heavy atom. The lowest BCUT2D eigenvalue weighted by atomic mass is 10.1. The van der Waals surface area contributed by atoms with Gasteiger partial charge in [0, 0.05) is 32.7 Å². The first-order chi connectivity index (χ1) is 14.5. The first-order valence-corrected chi connectivity index (χ1v) is 9.34. The van der Waals surface area contributed by atoms with Crippen molar-refractivity contribution >= 4 is 35.8 Å². The molecule has 0 aromatic heterocycles. The predicted molar refractivity (Wildman–Crippen MR) is 127 cm³/mol. The lowest BCUT2D eigenvalue weighted by molar-refractivity contribution is -0.0512. The second-order valence-corrected chi connectivity index (χ2v) is 6.25. The Hall–Kier alpha value is -2.63. The molecule has 3 N–H and O–H groups in total. The minimum absolute atomic E-state index is 0. The Labute approximate surface area is 197 Å². The lowest BCUT2D eigenvalue weighted by Gasteiger charge is -2.14. The molecule has 0 bridgehead atoms. The molecule has 0 heterocycles. The van der Waals surface area contributed by atoms with Gasteiger partial charge in [0.1, 0.15) is 0 Å². The zero-order valence-corrected chi connectivity index (χ0v) is 19.9. The molecule has 0 spiro atoms. The van der Waals surface area contributed by atoms with Gasteiger partial charge in [0.15, 0.2) is 17.5 Å². The van der Waals surface area contributed by atoms with Crippen molar-refractivity contribution in [2.24, 2.45) is 4.99 Å². The third-order valence-corrected chi connectivity index (χ3v) is 4.25. The van der Waals surface area contributed by atoms with E-state index in [0.29, 0.717) is 31.0 Å². The van der Waals surface area contributed by atoms with E-state index in [-0.39, 0.29) is 41.4 Å². The van der Waals surface area contributed by atoms with Crippen LogP contribution in [-0.2, 0) is 13.0 Å². The van der Waals surface area contributed by atoms with Crippen LogP contribution < -0.4 is 25.4 Å². The maximum Gasteiger partial charge on any atom is 0.387 e. The van der Waals surface area contributed by atoms with Gasteiger partial charge in [0.05, 0.1) is 7.11 Å². The third-order valence-electron chi connectivity index (χ3n) is 4.25. The van der Waals surface area contributed by atoms with Crippen LogP contribution in [0.5, 0.6) is 11.5 Å². The number of guanidine groups is 1. The highest BCUT2D eigenvalue weighted by Gasteiger charge is 2.11. The number of ether oxygens (including phenoxy) is 2. The summed E-state index contributed by atoms with van der Waals surface area (Å²) in [5.74, 6) is 0.646. The molecule has 2 rings (SSSR count). The number of rotatable bonds is 9. The van der Waals surface area contributed by atoms with E-state index >= 15 is 0 Å². The normalized spacial score (nSPS) is 10.8. The summed E-state index contributed by atoms with van der Waals surface area (Å²) in [6.07, 6.45) is 0.695. The maximum absolute atomic E-state index is 12.6. The van der Waals surface area contributed by atoms with Crippen LogP contribution in [0.4, 0.5) is 8.78 Å². The van der Waals surface area contributed by atoms with Crippen molar-refractivity contribution < 1.29 is 23.0 Å². The molecule has 0 fully saturated rings. The van der Waals surface area contributed by atoms with E-state index in [9.17, 15) is 13.6 Å². The summed E-state index contributed by atoms with van der Waals surface area (Å²) in [6.45, 7) is -1.98. The number of nitrogens with zero attached hydrogens (tertiary/aromatic N) is 1. The van der Waals surface area contributed by atoms with Crippen molar-refractivity contribution in [2.75, 3.05) is 27.7 Å². The molecule has 0 radical (unpaired) electrons. The number of aliphatic imine (C=N–C) groups is 1. The molecule has 0 aliphatic heterocycles. The van der Waals surface area contributed by atoms with Gasteiger partial charge >= 0.3 is 6.61 Å². The van der Waals surface area contributed by atoms with Crippen LogP contribution in [-0.4, -0.2) is 46.2 Å². The van der Waals surface area contributed by atoms with E-state index in [0.717, 1.165) is 11.1 Å². The molecule has 2 aromatic carbocycles. The fourth-order valence-corrected chi connectivity index (χ4v) is 2.76. The number of halogens is 3. The SMILES string of the molecule is CN=C(NCCc1cccc(C(=O)NC)c1)NCc1ccc(OC)c(OC(F)F)c1.I. The molecule has 0 saturated heterocycles. The summed E-state index contributed by atoms with van der Waals surface area (Å²) in [7, 11) is 4.63. The second-order valence-electron chi connectivity index (χ2n) is 6.25. The van der Waals surface area contributed by atoms with Crippen LogP contribution in [0.15, 0.2) is 47.5 Å². The van der Waals surface area contributed by atoms with Crippen LogP contribution in [0.1, 0.15) is 21.5 Å². The van der Waals surface area contributed by atoms with E-state index in [1.165, 1.54) is 13.2 Å². The average molecular weight is 548 g/mol. The van der Waals surface area contributed by atoms with Gasteiger partial charge in [-0.2, -0.15) is 8.78 Å². The number of benzene rings is 2. The highest BCUT2D eigenvalue weighted by atomic mass is 127. The van der Waals surface area contributed by atoms with Crippen LogP contribution >= 0.6 is 24.0 Å². The first kappa shape index (κ1) is 26.4. The zero-order chi connectivity index (χ0) is 21.9. The Balaban J connectivity index is 0.00000480. The van der Waals surface area contributed by atoms with Gasteiger partial charge in [-0.15, -0.1) is 24.0 Å². The van der Waals surface area contributed by atoms with Crippen LogP contribution in [0.2, 0.25) is 0 Å². The van der Waals surface area contributed by atoms with E-state index in [2.05, 4.69) is 25.7 Å². The molecule has 170 valence electrons. The van der Waals surface area contributed by atoms with Crippen molar-refractivity contribution in [3.05, 3.63) is 59.2 Å². The van der Waals surface area contributed by atoms with Gasteiger partial charge in [0.2, 0.25) is 0 Å². The number of amides is 1. The quantitative estimate of drug-likeness (QED) is 0.255. The number of nitrogens with one attached hydrogen (secondary N) is 3. The van der Waals surface area contributed by atoms with Crippen LogP contribution in [0.25, 0.3) is 0 Å². The number of alkyl halides is 2. The monoisotopic (exact) mass is 548 g/mol. The lowest BCUT2D eigenvalue weighted by Crippen LogP contribution is -2.37. The van der Waals surface area contributed by atoms with Gasteiger partial charge in [-0.05, 0) is 41.8 Å². The summed E-state index contributed by atoms with van der Waals surface area (Å²) < 4.78 is 34.7. The van der Waals surface area contributed by atoms with Crippen molar-refractivity contribution in [3.63, 3.8) is 0 Å². The fourth-order valence-electron chi connectivity index (χ4n) is 2.76. The van der Waals surface area contributed by atoms with Crippen molar-refractivity contribution in [2.45, 2.75) is 19.6 Å². The van der Waals surface area contributed by atoms with E-state index < -0.39 is 6.61 Å². The van der Waals surface area contributed by atoms with Gasteiger partial charge < -0.3 is 25.4 Å². The highest BCUT2D eigenvalue weighted by Crippen LogP contribution is 2.29. The summed E-state index contributed by atoms with van der Waals surface area (Å²) >= 11 is 0. The minimum Gasteiger partial charge on any atom is -0.493 e. The van der Waals surface area contributed by atoms with E-state index in [4.69, 9.17) is 4.74 Å². The molecule has 0 atom stereocenters. The number of hydrogen-bond acceptors (Lipinski definition) is 4. The largest absolute Gasteiger partial charge is 0.493 e. The summed E-state index contributed by atoms with van der Waals surface area (Å²) in [4.78, 5) is 15.9. The molecule has 0 unspecified atom stereocenters. The van der Waals surface area contributed by atoms with Crippen LogP contribution in [0.3, 0.4) is 0 Å². The molecule has 0 aliphatic carbocycles. The van der Waals surface area contributed by atoms with Crippen molar-refractivity contribution in [3.8, 4) is 11.5 Å². The molecular formula is C21H27F2IN4O3. The Bertz CT molecular complexity index is 881. The minimum atomic E-state index is -2.93. The van der Waals surface area contributed by atoms with Gasteiger partial charge in [-0.1, -0.05) is 18.2 Å². The van der Waals surface area contributed by atoms with Gasteiger partial charge in [-0.3, -0.25) is 9.79 Å². The predicted octanol–water partition coefficient (Wildman–Crippen LogP) is 3.18. The first-order valence-electron chi connectivity index (χ1n) is 9.34. The molecule has 7 nitrogen and oxygen atoms in total. The van der Waals surface area contributed by atoms with E-state index in [1.807, 2.05) is 18.2 Å². The number of carbonyl (C=O) groups is 1. The molecule has 31 heavy (non-hydrogen) atoms. The molecule has 0 aliphatic rings. The summed E-state index contributed by atoms with van der Waals surface area (Å²) in [5, 5.41) is 8.91. The molecular weight excluding hydrogens is 521 g/mol. The fraction of sp³-hybridized carbons (Fsp3) is 0.333. The van der Waals surface area contributed by atoms with Gasteiger partial charge in [-0.25, -0.2) is 0 Å². The number of carbonyl (C=O) groups excluding carboxylic acids is 1. The van der Waals surface area contributed by atoms with Crippen molar-refractivity contribution in [1.82, 2.24) is 16.0 Å². The zero-order valence-electron chi connectivity index (χ0n) is 17.6. The Morgan fingerprint density at radius 1 is 1.10 bits per heavy atom. The number of methoxy groups -OCH3 is 1. The molecule has 0 saturated carbocycles.